The fraction of sp³-hybridized carbons (Fsp3) is 0.250. The molecule has 2 atom stereocenters. The van der Waals surface area contributed by atoms with Crippen molar-refractivity contribution >= 4 is 27.9 Å². The molecular weight excluding hydrogens is 519 g/mol. The molecule has 0 saturated heterocycles. The molecule has 4 rings (SSSR count). The van der Waals surface area contributed by atoms with Gasteiger partial charge >= 0.3 is 21.6 Å². The third kappa shape index (κ3) is 5.55. The van der Waals surface area contributed by atoms with Crippen molar-refractivity contribution in [2.24, 2.45) is 0 Å². The fourth-order valence-electron chi connectivity index (χ4n) is 4.81. The van der Waals surface area contributed by atoms with Gasteiger partial charge in [-0.05, 0) is 71.9 Å². The summed E-state index contributed by atoms with van der Waals surface area (Å²) in [5.74, 6) is -1.46. The normalized spacial score (nSPS) is 17.9. The summed E-state index contributed by atoms with van der Waals surface area (Å²) in [6.07, 6.45) is 3.78. The summed E-state index contributed by atoms with van der Waals surface area (Å²) >= 11 is 0. The predicted molar refractivity (Wildman–Crippen MR) is 138 cm³/mol. The van der Waals surface area contributed by atoms with Gasteiger partial charge in [0.1, 0.15) is 5.75 Å². The molecule has 3 aromatic rings. The maximum atomic E-state index is 12.9. The van der Waals surface area contributed by atoms with E-state index in [1.807, 2.05) is 43.3 Å². The molecule has 6 nitrogen and oxygen atoms in total. The summed E-state index contributed by atoms with van der Waals surface area (Å²) in [6, 6.07) is 19.1. The minimum Gasteiger partial charge on any atom is -0.478 e. The van der Waals surface area contributed by atoms with Gasteiger partial charge in [0.2, 0.25) is 0 Å². The first-order valence-corrected chi connectivity index (χ1v) is 13.3. The third-order valence-electron chi connectivity index (χ3n) is 6.49. The Morgan fingerprint density at radius 1 is 1.11 bits per heavy atom. The molecule has 1 aliphatic rings. The topological polar surface area (TPSA) is 83.9 Å². The Morgan fingerprint density at radius 3 is 2.42 bits per heavy atom. The zero-order valence-corrected chi connectivity index (χ0v) is 21.5. The highest BCUT2D eigenvalue weighted by Gasteiger charge is 2.48. The van der Waals surface area contributed by atoms with E-state index in [1.165, 1.54) is 18.2 Å². The summed E-state index contributed by atoms with van der Waals surface area (Å²) in [5, 5.41) is 8.92. The van der Waals surface area contributed by atoms with E-state index in [4.69, 9.17) is 5.11 Å². The van der Waals surface area contributed by atoms with Gasteiger partial charge in [-0.3, -0.25) is 0 Å². The second kappa shape index (κ2) is 10.5. The van der Waals surface area contributed by atoms with Gasteiger partial charge in [0.25, 0.3) is 0 Å². The molecule has 38 heavy (non-hydrogen) atoms. The van der Waals surface area contributed by atoms with E-state index in [-0.39, 0.29) is 12.1 Å². The monoisotopic (exact) mass is 545 g/mol. The number of anilines is 1. The average Bonchev–Trinajstić information content (AvgIpc) is 2.86. The quantitative estimate of drug-likeness (QED) is 0.219. The van der Waals surface area contributed by atoms with Crippen LogP contribution < -0.4 is 9.08 Å². The Labute approximate surface area is 219 Å². The number of carboxylic acid groups (broad SMARTS) is 1. The van der Waals surface area contributed by atoms with Crippen molar-refractivity contribution in [3.63, 3.8) is 0 Å². The minimum absolute atomic E-state index is 0.0961. The number of hydrogen-bond donors (Lipinski definition) is 1. The molecule has 0 unspecified atom stereocenters. The van der Waals surface area contributed by atoms with Gasteiger partial charge in [-0.1, -0.05) is 55.5 Å². The number of benzene rings is 3. The van der Waals surface area contributed by atoms with Gasteiger partial charge in [-0.15, -0.1) is 0 Å². The van der Waals surface area contributed by atoms with Crippen molar-refractivity contribution < 1.29 is 35.7 Å². The lowest BCUT2D eigenvalue weighted by Gasteiger charge is -2.45. The highest BCUT2D eigenvalue weighted by molar-refractivity contribution is 7.88. The SMILES string of the molecule is CCc1ccccc1N1[C@H](c2ccc(/C=C/C(=O)O)cc2)c2ccc(OS(=O)(=O)C(F)(F)F)cc2C[C@H]1C. The summed E-state index contributed by atoms with van der Waals surface area (Å²) in [5.41, 5.74) is -0.319. The molecule has 200 valence electrons. The van der Waals surface area contributed by atoms with E-state index in [0.29, 0.717) is 17.5 Å². The van der Waals surface area contributed by atoms with Crippen LogP contribution in [0.1, 0.15) is 47.7 Å². The van der Waals surface area contributed by atoms with Gasteiger partial charge < -0.3 is 14.2 Å². The summed E-state index contributed by atoms with van der Waals surface area (Å²) < 4.78 is 66.2. The van der Waals surface area contributed by atoms with Crippen molar-refractivity contribution in [2.75, 3.05) is 4.90 Å². The van der Waals surface area contributed by atoms with Crippen molar-refractivity contribution in [1.82, 2.24) is 0 Å². The lowest BCUT2D eigenvalue weighted by atomic mass is 9.84. The molecule has 0 amide bonds. The van der Waals surface area contributed by atoms with Crippen LogP contribution in [0.5, 0.6) is 5.75 Å². The molecular formula is C28H26F3NO5S. The van der Waals surface area contributed by atoms with Gasteiger partial charge in [0, 0.05) is 17.8 Å². The Bertz CT molecular complexity index is 1470. The van der Waals surface area contributed by atoms with Gasteiger partial charge in [0.05, 0.1) is 6.04 Å². The highest BCUT2D eigenvalue weighted by atomic mass is 32.2. The molecule has 0 radical (unpaired) electrons. The molecule has 3 aromatic carbocycles. The first-order valence-electron chi connectivity index (χ1n) is 11.9. The van der Waals surface area contributed by atoms with E-state index in [2.05, 4.69) is 16.0 Å². The summed E-state index contributed by atoms with van der Waals surface area (Å²) in [7, 11) is -5.79. The third-order valence-corrected chi connectivity index (χ3v) is 7.47. The van der Waals surface area contributed by atoms with Crippen LogP contribution in [0.25, 0.3) is 6.08 Å². The van der Waals surface area contributed by atoms with Crippen LogP contribution in [-0.4, -0.2) is 31.0 Å². The number of aliphatic carboxylic acids is 1. The number of alkyl halides is 3. The number of halogens is 3. The fourth-order valence-corrected chi connectivity index (χ4v) is 5.26. The Balaban J connectivity index is 1.83. The maximum absolute atomic E-state index is 12.9. The smallest absolute Gasteiger partial charge is 0.478 e. The molecule has 0 aliphatic carbocycles. The first-order chi connectivity index (χ1) is 17.9. The molecule has 0 spiro atoms. The van der Waals surface area contributed by atoms with Crippen molar-refractivity contribution in [1.29, 1.82) is 0 Å². The van der Waals surface area contributed by atoms with Crippen molar-refractivity contribution in [3.8, 4) is 5.75 Å². The van der Waals surface area contributed by atoms with Gasteiger partial charge in [-0.2, -0.15) is 21.6 Å². The van der Waals surface area contributed by atoms with E-state index in [0.717, 1.165) is 34.9 Å². The van der Waals surface area contributed by atoms with Crippen LogP contribution in [0.4, 0.5) is 18.9 Å². The largest absolute Gasteiger partial charge is 0.534 e. The summed E-state index contributed by atoms with van der Waals surface area (Å²) in [6.45, 7) is 4.07. The molecule has 10 heteroatoms. The standard InChI is InChI=1S/C28H26F3NO5S/c1-3-20-6-4-5-7-25(20)32-18(2)16-22-17-23(37-38(35,36)28(29,30)31)13-14-24(22)27(32)21-11-8-19(9-12-21)10-15-26(33)34/h4-15,17-18,27H,3,16H2,1-2H3,(H,33,34)/b15-10+/t18-,27-/m1/s1. The lowest BCUT2D eigenvalue weighted by molar-refractivity contribution is -0.131. The number of rotatable bonds is 7. The second-order valence-electron chi connectivity index (χ2n) is 9.03. The van der Waals surface area contributed by atoms with Crippen LogP contribution in [0.15, 0.2) is 72.8 Å². The number of carboxylic acids is 1. The van der Waals surface area contributed by atoms with Gasteiger partial charge in [-0.25, -0.2) is 4.79 Å². The summed E-state index contributed by atoms with van der Waals surface area (Å²) in [4.78, 5) is 13.1. The Morgan fingerprint density at radius 2 is 1.79 bits per heavy atom. The van der Waals surface area contributed by atoms with E-state index in [1.54, 1.807) is 18.2 Å². The second-order valence-corrected chi connectivity index (χ2v) is 10.6. The van der Waals surface area contributed by atoms with Crippen LogP contribution in [0, 0.1) is 0 Å². The number of hydrogen-bond acceptors (Lipinski definition) is 5. The van der Waals surface area contributed by atoms with Crippen molar-refractivity contribution in [3.05, 3.63) is 101 Å². The molecule has 0 aromatic heterocycles. The number of carbonyl (C=O) groups is 1. The molecule has 1 heterocycles. The van der Waals surface area contributed by atoms with Crippen LogP contribution in [0.3, 0.4) is 0 Å². The molecule has 0 saturated carbocycles. The van der Waals surface area contributed by atoms with Crippen LogP contribution in [-0.2, 0) is 27.8 Å². The lowest BCUT2D eigenvalue weighted by Crippen LogP contribution is -2.43. The molecule has 1 aliphatic heterocycles. The molecule has 1 N–H and O–H groups in total. The zero-order valence-electron chi connectivity index (χ0n) is 20.6. The first kappa shape index (κ1) is 27.3. The van der Waals surface area contributed by atoms with E-state index in [9.17, 15) is 26.4 Å². The molecule has 0 fully saturated rings. The number of nitrogens with zero attached hydrogens (tertiary/aromatic N) is 1. The molecule has 0 bridgehead atoms. The minimum atomic E-state index is -5.79. The van der Waals surface area contributed by atoms with Crippen LogP contribution >= 0.6 is 0 Å². The number of para-hydroxylation sites is 1. The highest BCUT2D eigenvalue weighted by Crippen LogP contribution is 2.43. The van der Waals surface area contributed by atoms with E-state index >= 15 is 0 Å². The number of aryl methyl sites for hydroxylation is 1. The Kier molecular flexibility index (Phi) is 7.55. The van der Waals surface area contributed by atoms with Crippen molar-refractivity contribution in [2.45, 2.75) is 44.3 Å². The predicted octanol–water partition coefficient (Wildman–Crippen LogP) is 6.12. The van der Waals surface area contributed by atoms with Gasteiger partial charge in [0.15, 0.2) is 0 Å². The van der Waals surface area contributed by atoms with Crippen LogP contribution in [0.2, 0.25) is 0 Å². The zero-order chi connectivity index (χ0) is 27.7. The van der Waals surface area contributed by atoms with E-state index < -0.39 is 27.3 Å². The average molecular weight is 546 g/mol. The Hall–Kier alpha value is -3.79. The maximum Gasteiger partial charge on any atom is 0.534 e. The number of fused-ring (bicyclic) bond motifs is 1.